The molecule has 0 saturated heterocycles. The number of benzene rings is 3. The molecular formula is C25H24N4O3. The van der Waals surface area contributed by atoms with Crippen LogP contribution in [0.4, 0.5) is 17.1 Å². The lowest BCUT2D eigenvalue weighted by Gasteiger charge is -2.32. The fourth-order valence-corrected chi connectivity index (χ4v) is 3.99. The maximum Gasteiger partial charge on any atom is 0.231 e. The molecule has 5 rings (SSSR count). The molecule has 162 valence electrons. The number of ketones is 1. The number of fused-ring (bicyclic) bond motifs is 1. The summed E-state index contributed by atoms with van der Waals surface area (Å²) in [5, 5.41) is 6.65. The highest BCUT2D eigenvalue weighted by molar-refractivity contribution is 6.44. The summed E-state index contributed by atoms with van der Waals surface area (Å²) in [5.74, 6) is 1.68. The molecule has 7 heteroatoms. The van der Waals surface area contributed by atoms with Gasteiger partial charge in [0.15, 0.2) is 29.3 Å². The van der Waals surface area contributed by atoms with Crippen molar-refractivity contribution in [2.75, 3.05) is 35.7 Å². The van der Waals surface area contributed by atoms with Crippen LogP contribution >= 0.6 is 0 Å². The van der Waals surface area contributed by atoms with E-state index in [-0.39, 0.29) is 18.7 Å². The molecule has 1 atom stereocenters. The van der Waals surface area contributed by atoms with Gasteiger partial charge >= 0.3 is 0 Å². The van der Waals surface area contributed by atoms with E-state index in [1.54, 1.807) is 6.92 Å². The van der Waals surface area contributed by atoms with Crippen molar-refractivity contribution in [3.63, 3.8) is 0 Å². The van der Waals surface area contributed by atoms with Crippen LogP contribution in [0.3, 0.4) is 0 Å². The van der Waals surface area contributed by atoms with Gasteiger partial charge in [-0.2, -0.15) is 0 Å². The number of carbonyl (C=O) groups excluding carboxylic acids is 1. The number of Topliss-reactive ketones (excluding diaryl/α,β-unsaturated/α-hetero) is 1. The van der Waals surface area contributed by atoms with E-state index in [0.29, 0.717) is 17.3 Å². The van der Waals surface area contributed by atoms with Crippen molar-refractivity contribution in [3.05, 3.63) is 78.4 Å². The van der Waals surface area contributed by atoms with Crippen LogP contribution in [0.25, 0.3) is 0 Å². The van der Waals surface area contributed by atoms with Gasteiger partial charge < -0.3 is 14.4 Å². The van der Waals surface area contributed by atoms with Gasteiger partial charge in [0.25, 0.3) is 0 Å². The second-order valence-corrected chi connectivity index (χ2v) is 7.93. The number of anilines is 3. The molecule has 0 aliphatic carbocycles. The van der Waals surface area contributed by atoms with Crippen molar-refractivity contribution < 1.29 is 14.3 Å². The zero-order valence-corrected chi connectivity index (χ0v) is 18.2. The fraction of sp³-hybridized carbons (Fsp3) is 0.200. The van der Waals surface area contributed by atoms with Gasteiger partial charge in [0.2, 0.25) is 6.79 Å². The monoisotopic (exact) mass is 428 g/mol. The summed E-state index contributed by atoms with van der Waals surface area (Å²) in [4.78, 5) is 16.7. The Labute approximate surface area is 187 Å². The van der Waals surface area contributed by atoms with Crippen LogP contribution in [0.2, 0.25) is 0 Å². The number of nitrogens with zero attached hydrogens (tertiary/aromatic N) is 4. The Morgan fingerprint density at radius 1 is 0.938 bits per heavy atom. The molecule has 0 spiro atoms. The van der Waals surface area contributed by atoms with Gasteiger partial charge in [0.1, 0.15) is 0 Å². The smallest absolute Gasteiger partial charge is 0.231 e. The third-order valence-electron chi connectivity index (χ3n) is 5.58. The molecule has 32 heavy (non-hydrogen) atoms. The third kappa shape index (κ3) is 3.41. The first-order chi connectivity index (χ1) is 15.5. The molecule has 2 aliphatic rings. The highest BCUT2D eigenvalue weighted by Gasteiger charge is 2.39. The minimum absolute atomic E-state index is 0.106. The molecule has 2 heterocycles. The van der Waals surface area contributed by atoms with Crippen LogP contribution < -0.4 is 24.3 Å². The SMILES string of the molecule is CC(=O)C1=NN(c2ccccc2)C(c2ccc3c(c2)OCO3)N1c1ccc(N(C)C)cc1. The Balaban J connectivity index is 1.65. The predicted octanol–water partition coefficient (Wildman–Crippen LogP) is 4.41. The standard InChI is InChI=1S/C25H24N4O3/c1-17(30)24-26-29(21-7-5-4-6-8-21)25(18-9-14-22-23(15-18)32-16-31-22)28(24)20-12-10-19(11-13-20)27(2)3/h4-15,25H,16H2,1-3H3. The molecule has 1 unspecified atom stereocenters. The average Bonchev–Trinajstić information content (AvgIpc) is 3.44. The van der Waals surface area contributed by atoms with Crippen molar-refractivity contribution >= 4 is 28.7 Å². The lowest BCUT2D eigenvalue weighted by molar-refractivity contribution is -0.111. The van der Waals surface area contributed by atoms with Crippen molar-refractivity contribution in [3.8, 4) is 11.5 Å². The lowest BCUT2D eigenvalue weighted by Crippen LogP contribution is -2.37. The summed E-state index contributed by atoms with van der Waals surface area (Å²) in [5.41, 5.74) is 3.79. The van der Waals surface area contributed by atoms with Crippen molar-refractivity contribution in [2.45, 2.75) is 13.1 Å². The molecule has 3 aromatic rings. The summed E-state index contributed by atoms with van der Waals surface area (Å²) in [6, 6.07) is 23.8. The maximum atomic E-state index is 12.7. The first-order valence-electron chi connectivity index (χ1n) is 10.4. The quantitative estimate of drug-likeness (QED) is 0.600. The Bertz CT molecular complexity index is 1180. The summed E-state index contributed by atoms with van der Waals surface area (Å²) in [7, 11) is 4.00. The summed E-state index contributed by atoms with van der Waals surface area (Å²) < 4.78 is 11.1. The van der Waals surface area contributed by atoms with Gasteiger partial charge in [-0.1, -0.05) is 24.3 Å². The highest BCUT2D eigenvalue weighted by atomic mass is 16.7. The van der Waals surface area contributed by atoms with E-state index < -0.39 is 0 Å². The summed E-state index contributed by atoms with van der Waals surface area (Å²) >= 11 is 0. The van der Waals surface area contributed by atoms with E-state index in [0.717, 1.165) is 22.6 Å². The molecule has 0 radical (unpaired) electrons. The molecular weight excluding hydrogens is 404 g/mol. The van der Waals surface area contributed by atoms with Crippen molar-refractivity contribution in [1.29, 1.82) is 0 Å². The Hall–Kier alpha value is -4.00. The topological polar surface area (TPSA) is 57.6 Å². The van der Waals surface area contributed by atoms with Crippen LogP contribution in [0.5, 0.6) is 11.5 Å². The summed E-state index contributed by atoms with van der Waals surface area (Å²) in [6.45, 7) is 1.75. The number of hydrazone groups is 1. The number of ether oxygens (including phenoxy) is 2. The molecule has 0 bridgehead atoms. The van der Waals surface area contributed by atoms with Crippen LogP contribution in [0.15, 0.2) is 77.9 Å². The molecule has 0 aromatic heterocycles. The summed E-state index contributed by atoms with van der Waals surface area (Å²) in [6.07, 6.45) is -0.365. The molecule has 0 fully saturated rings. The molecule has 0 amide bonds. The first-order valence-corrected chi connectivity index (χ1v) is 10.4. The Morgan fingerprint density at radius 2 is 1.66 bits per heavy atom. The Kier molecular flexibility index (Phi) is 4.93. The predicted molar refractivity (Wildman–Crippen MR) is 126 cm³/mol. The van der Waals surface area contributed by atoms with Gasteiger partial charge in [-0.25, -0.2) is 5.01 Å². The van der Waals surface area contributed by atoms with Gasteiger partial charge in [-0.15, -0.1) is 5.10 Å². The van der Waals surface area contributed by atoms with Gasteiger partial charge in [-0.3, -0.25) is 9.69 Å². The van der Waals surface area contributed by atoms with Gasteiger partial charge in [0, 0.05) is 38.0 Å². The number of hydrogen-bond donors (Lipinski definition) is 0. The van der Waals surface area contributed by atoms with Crippen LogP contribution in [-0.4, -0.2) is 32.5 Å². The largest absolute Gasteiger partial charge is 0.454 e. The van der Waals surface area contributed by atoms with Gasteiger partial charge in [-0.05, 0) is 48.5 Å². The molecule has 0 saturated carbocycles. The molecule has 2 aliphatic heterocycles. The average molecular weight is 428 g/mol. The lowest BCUT2D eigenvalue weighted by atomic mass is 10.1. The van der Waals surface area contributed by atoms with E-state index in [1.807, 2.05) is 102 Å². The molecule has 7 nitrogen and oxygen atoms in total. The highest BCUT2D eigenvalue weighted by Crippen LogP contribution is 2.42. The van der Waals surface area contributed by atoms with Crippen LogP contribution in [0, 0.1) is 0 Å². The number of carbonyl (C=O) groups is 1. The Morgan fingerprint density at radius 3 is 2.34 bits per heavy atom. The fourth-order valence-electron chi connectivity index (χ4n) is 3.99. The minimum Gasteiger partial charge on any atom is -0.454 e. The van der Waals surface area contributed by atoms with E-state index >= 15 is 0 Å². The number of amidine groups is 1. The van der Waals surface area contributed by atoms with Crippen LogP contribution in [-0.2, 0) is 4.79 Å². The van der Waals surface area contributed by atoms with Gasteiger partial charge in [0.05, 0.1) is 5.69 Å². The van der Waals surface area contributed by atoms with E-state index in [4.69, 9.17) is 14.6 Å². The van der Waals surface area contributed by atoms with Crippen molar-refractivity contribution in [1.82, 2.24) is 0 Å². The van der Waals surface area contributed by atoms with E-state index in [9.17, 15) is 4.79 Å². The minimum atomic E-state index is -0.365. The first kappa shape index (κ1) is 19.9. The normalized spacial score (nSPS) is 16.8. The zero-order valence-electron chi connectivity index (χ0n) is 18.2. The number of rotatable bonds is 5. The van der Waals surface area contributed by atoms with E-state index in [1.165, 1.54) is 0 Å². The van der Waals surface area contributed by atoms with Crippen LogP contribution in [0.1, 0.15) is 18.7 Å². The zero-order chi connectivity index (χ0) is 22.2. The second-order valence-electron chi connectivity index (χ2n) is 7.93. The maximum absolute atomic E-state index is 12.7. The van der Waals surface area contributed by atoms with E-state index in [2.05, 4.69) is 0 Å². The number of para-hydroxylation sites is 1. The van der Waals surface area contributed by atoms with Crippen molar-refractivity contribution in [2.24, 2.45) is 5.10 Å². The third-order valence-corrected chi connectivity index (χ3v) is 5.58. The molecule has 0 N–H and O–H groups in total. The second kappa shape index (κ2) is 7.92. The molecule has 3 aromatic carbocycles. The number of hydrogen-bond acceptors (Lipinski definition) is 7.